The lowest BCUT2D eigenvalue weighted by molar-refractivity contribution is -0.119. The fourth-order valence-corrected chi connectivity index (χ4v) is 4.70. The minimum atomic E-state index is -4.06. The molecule has 172 valence electrons. The largest absolute Gasteiger partial charge is 0.493 e. The first kappa shape index (κ1) is 24.1. The van der Waals surface area contributed by atoms with E-state index in [1.165, 1.54) is 38.6 Å². The van der Waals surface area contributed by atoms with Gasteiger partial charge in [0.25, 0.3) is 15.9 Å². The SMILES string of the molecule is COc1ccc(C=NNC(=O)CN(c2ccccc2Cl)S(=O)(=O)c2ccccc2)cc1OC. The molecule has 0 heterocycles. The van der Waals surface area contributed by atoms with E-state index in [0.717, 1.165) is 4.31 Å². The Morgan fingerprint density at radius 3 is 2.33 bits per heavy atom. The Morgan fingerprint density at radius 1 is 1.00 bits per heavy atom. The number of rotatable bonds is 9. The lowest BCUT2D eigenvalue weighted by Crippen LogP contribution is -2.39. The maximum atomic E-state index is 13.3. The molecule has 33 heavy (non-hydrogen) atoms. The number of carbonyl (C=O) groups is 1. The molecule has 0 aliphatic heterocycles. The Kier molecular flexibility index (Phi) is 7.92. The van der Waals surface area contributed by atoms with Gasteiger partial charge in [-0.05, 0) is 48.0 Å². The Bertz CT molecular complexity index is 1250. The van der Waals surface area contributed by atoms with Crippen molar-refractivity contribution in [3.63, 3.8) is 0 Å². The first-order chi connectivity index (χ1) is 15.9. The summed E-state index contributed by atoms with van der Waals surface area (Å²) in [6, 6.07) is 19.3. The number of carbonyl (C=O) groups excluding carboxylic acids is 1. The quantitative estimate of drug-likeness (QED) is 0.366. The molecule has 0 radical (unpaired) electrons. The van der Waals surface area contributed by atoms with Gasteiger partial charge in [-0.25, -0.2) is 13.8 Å². The smallest absolute Gasteiger partial charge is 0.264 e. The fraction of sp³-hybridized carbons (Fsp3) is 0.130. The highest BCUT2D eigenvalue weighted by molar-refractivity contribution is 7.92. The van der Waals surface area contributed by atoms with E-state index in [-0.39, 0.29) is 15.6 Å². The Hall–Kier alpha value is -3.56. The van der Waals surface area contributed by atoms with Crippen molar-refractivity contribution in [2.75, 3.05) is 25.1 Å². The minimum absolute atomic E-state index is 0.0338. The van der Waals surface area contributed by atoms with Crippen molar-refractivity contribution in [2.45, 2.75) is 4.90 Å². The van der Waals surface area contributed by atoms with Gasteiger partial charge in [0.05, 0.1) is 36.0 Å². The number of hydrogen-bond donors (Lipinski definition) is 1. The monoisotopic (exact) mass is 487 g/mol. The number of hydrogen-bond acceptors (Lipinski definition) is 6. The van der Waals surface area contributed by atoms with Crippen molar-refractivity contribution in [2.24, 2.45) is 5.10 Å². The molecule has 0 bridgehead atoms. The summed E-state index contributed by atoms with van der Waals surface area (Å²) in [5, 5.41) is 4.11. The second kappa shape index (κ2) is 10.8. The normalized spacial score (nSPS) is 11.2. The summed E-state index contributed by atoms with van der Waals surface area (Å²) in [6.07, 6.45) is 1.41. The van der Waals surface area contributed by atoms with E-state index in [0.29, 0.717) is 17.1 Å². The van der Waals surface area contributed by atoms with Gasteiger partial charge in [-0.15, -0.1) is 0 Å². The standard InChI is InChI=1S/C23H22ClN3O5S/c1-31-21-13-12-17(14-22(21)32-2)15-25-26-23(28)16-27(20-11-7-6-10-19(20)24)33(29,30)18-8-4-3-5-9-18/h3-15H,16H2,1-2H3,(H,26,28). The van der Waals surface area contributed by atoms with Crippen LogP contribution < -0.4 is 19.2 Å². The zero-order chi connectivity index (χ0) is 23.8. The zero-order valence-corrected chi connectivity index (χ0v) is 19.5. The van der Waals surface area contributed by atoms with E-state index >= 15 is 0 Å². The number of benzene rings is 3. The van der Waals surface area contributed by atoms with Crippen LogP contribution in [0.4, 0.5) is 5.69 Å². The van der Waals surface area contributed by atoms with Crippen molar-refractivity contribution < 1.29 is 22.7 Å². The van der Waals surface area contributed by atoms with Crippen LogP contribution in [0.2, 0.25) is 5.02 Å². The van der Waals surface area contributed by atoms with E-state index in [1.54, 1.807) is 54.6 Å². The van der Waals surface area contributed by atoms with Gasteiger partial charge in [-0.3, -0.25) is 9.10 Å². The molecule has 3 rings (SSSR count). The number of sulfonamides is 1. The molecule has 3 aromatic rings. The molecule has 0 aliphatic rings. The molecule has 0 saturated heterocycles. The fourth-order valence-electron chi connectivity index (χ4n) is 2.95. The lowest BCUT2D eigenvalue weighted by atomic mass is 10.2. The average molecular weight is 488 g/mol. The summed E-state index contributed by atoms with van der Waals surface area (Å²) < 4.78 is 37.9. The van der Waals surface area contributed by atoms with Crippen LogP contribution >= 0.6 is 11.6 Å². The Morgan fingerprint density at radius 2 is 1.67 bits per heavy atom. The number of nitrogens with one attached hydrogen (secondary N) is 1. The number of methoxy groups -OCH3 is 2. The van der Waals surface area contributed by atoms with Gasteiger partial charge in [0, 0.05) is 0 Å². The summed E-state index contributed by atoms with van der Waals surface area (Å²) in [4.78, 5) is 12.6. The highest BCUT2D eigenvalue weighted by Gasteiger charge is 2.28. The van der Waals surface area contributed by atoms with E-state index < -0.39 is 22.5 Å². The highest BCUT2D eigenvalue weighted by Crippen LogP contribution is 2.30. The lowest BCUT2D eigenvalue weighted by Gasteiger charge is -2.24. The van der Waals surface area contributed by atoms with Crippen molar-refractivity contribution in [1.29, 1.82) is 0 Å². The van der Waals surface area contributed by atoms with Gasteiger partial charge in [0.15, 0.2) is 11.5 Å². The van der Waals surface area contributed by atoms with Gasteiger partial charge in [-0.2, -0.15) is 5.10 Å². The second-order valence-corrected chi connectivity index (χ2v) is 8.95. The molecule has 0 unspecified atom stereocenters. The van der Waals surface area contributed by atoms with Crippen LogP contribution in [-0.2, 0) is 14.8 Å². The van der Waals surface area contributed by atoms with Gasteiger partial charge < -0.3 is 9.47 Å². The number of ether oxygens (including phenoxy) is 2. The molecule has 10 heteroatoms. The van der Waals surface area contributed by atoms with Crippen LogP contribution in [0, 0.1) is 0 Å². The third-order valence-electron chi connectivity index (χ3n) is 4.55. The molecular formula is C23H22ClN3O5S. The van der Waals surface area contributed by atoms with Gasteiger partial charge in [-0.1, -0.05) is 41.9 Å². The molecule has 3 aromatic carbocycles. The maximum absolute atomic E-state index is 13.3. The molecule has 1 N–H and O–H groups in total. The average Bonchev–Trinajstić information content (AvgIpc) is 2.83. The Labute approximate surface area is 197 Å². The molecular weight excluding hydrogens is 466 g/mol. The maximum Gasteiger partial charge on any atom is 0.264 e. The number of nitrogens with zero attached hydrogens (tertiary/aromatic N) is 2. The van der Waals surface area contributed by atoms with Gasteiger partial charge in [0.2, 0.25) is 0 Å². The van der Waals surface area contributed by atoms with Crippen molar-refractivity contribution in [3.8, 4) is 11.5 Å². The first-order valence-corrected chi connectivity index (χ1v) is 11.5. The summed E-state index contributed by atoms with van der Waals surface area (Å²) in [6.45, 7) is -0.524. The van der Waals surface area contributed by atoms with Gasteiger partial charge in [0.1, 0.15) is 6.54 Å². The number of para-hydroxylation sites is 1. The topological polar surface area (TPSA) is 97.3 Å². The van der Waals surface area contributed by atoms with Crippen molar-refractivity contribution >= 4 is 39.4 Å². The van der Waals surface area contributed by atoms with Gasteiger partial charge >= 0.3 is 0 Å². The number of hydrazone groups is 1. The summed E-state index contributed by atoms with van der Waals surface area (Å²) in [5.41, 5.74) is 3.18. The van der Waals surface area contributed by atoms with E-state index in [4.69, 9.17) is 21.1 Å². The van der Waals surface area contributed by atoms with Crippen LogP contribution in [0.1, 0.15) is 5.56 Å². The molecule has 0 spiro atoms. The van der Waals surface area contributed by atoms with Crippen LogP contribution in [0.15, 0.2) is 82.8 Å². The van der Waals surface area contributed by atoms with Crippen LogP contribution in [0.25, 0.3) is 0 Å². The molecule has 0 aromatic heterocycles. The first-order valence-electron chi connectivity index (χ1n) is 9.73. The second-order valence-electron chi connectivity index (χ2n) is 6.68. The van der Waals surface area contributed by atoms with Crippen molar-refractivity contribution in [3.05, 3.63) is 83.4 Å². The number of anilines is 1. The van der Waals surface area contributed by atoms with Crippen molar-refractivity contribution in [1.82, 2.24) is 5.43 Å². The predicted molar refractivity (Wildman–Crippen MR) is 128 cm³/mol. The minimum Gasteiger partial charge on any atom is -0.493 e. The highest BCUT2D eigenvalue weighted by atomic mass is 35.5. The third-order valence-corrected chi connectivity index (χ3v) is 6.64. The number of halogens is 1. The summed E-state index contributed by atoms with van der Waals surface area (Å²) >= 11 is 6.24. The zero-order valence-electron chi connectivity index (χ0n) is 17.9. The summed E-state index contributed by atoms with van der Waals surface area (Å²) in [5.74, 6) is 0.415. The Balaban J connectivity index is 1.81. The van der Waals surface area contributed by atoms with E-state index in [1.807, 2.05) is 0 Å². The van der Waals surface area contributed by atoms with Crippen LogP contribution in [-0.4, -0.2) is 41.3 Å². The van der Waals surface area contributed by atoms with E-state index in [2.05, 4.69) is 10.5 Å². The molecule has 0 aliphatic carbocycles. The molecule has 0 fully saturated rings. The molecule has 1 amide bonds. The van der Waals surface area contributed by atoms with Crippen LogP contribution in [0.5, 0.6) is 11.5 Å². The molecule has 0 saturated carbocycles. The van der Waals surface area contributed by atoms with E-state index in [9.17, 15) is 13.2 Å². The molecule has 0 atom stereocenters. The van der Waals surface area contributed by atoms with Crippen LogP contribution in [0.3, 0.4) is 0 Å². The predicted octanol–water partition coefficient (Wildman–Crippen LogP) is 3.70. The summed E-state index contributed by atoms with van der Waals surface area (Å²) in [7, 11) is -1.02. The number of amides is 1. The molecule has 8 nitrogen and oxygen atoms in total. The third kappa shape index (κ3) is 5.82.